The molecule has 0 bridgehead atoms. The maximum absolute atomic E-state index is 6.08. The number of anilines is 1. The van der Waals surface area contributed by atoms with E-state index in [-0.39, 0.29) is 0 Å². The van der Waals surface area contributed by atoms with Crippen molar-refractivity contribution in [2.24, 2.45) is 5.92 Å². The number of nitrogen functional groups attached to an aromatic ring is 1. The highest BCUT2D eigenvalue weighted by molar-refractivity contribution is 7.99. The zero-order valence-electron chi connectivity index (χ0n) is 12.2. The standard InChI is InChI=1S/C14H21N3S2/c1-7(2)9(4)18-6-11-16-13(15)12-8(3)10(5)19-14(12)17-11/h7,9H,6H2,1-5H3,(H2,15,16,17). The topological polar surface area (TPSA) is 51.8 Å². The van der Waals surface area contributed by atoms with Crippen molar-refractivity contribution in [2.45, 2.75) is 45.6 Å². The van der Waals surface area contributed by atoms with Gasteiger partial charge in [-0.25, -0.2) is 9.97 Å². The largest absolute Gasteiger partial charge is 0.383 e. The molecule has 0 aliphatic rings. The molecule has 1 unspecified atom stereocenters. The number of rotatable bonds is 4. The lowest BCUT2D eigenvalue weighted by Gasteiger charge is -2.14. The van der Waals surface area contributed by atoms with Crippen LogP contribution >= 0.6 is 23.1 Å². The van der Waals surface area contributed by atoms with E-state index in [0.717, 1.165) is 21.8 Å². The quantitative estimate of drug-likeness (QED) is 0.920. The van der Waals surface area contributed by atoms with Gasteiger partial charge in [-0.3, -0.25) is 0 Å². The molecule has 0 saturated carbocycles. The Balaban J connectivity index is 2.26. The maximum Gasteiger partial charge on any atom is 0.142 e. The van der Waals surface area contributed by atoms with Crippen molar-refractivity contribution in [1.82, 2.24) is 9.97 Å². The summed E-state index contributed by atoms with van der Waals surface area (Å²) in [6.07, 6.45) is 0. The van der Waals surface area contributed by atoms with E-state index in [4.69, 9.17) is 5.73 Å². The third kappa shape index (κ3) is 3.03. The zero-order chi connectivity index (χ0) is 14.2. The molecule has 2 aromatic rings. The monoisotopic (exact) mass is 295 g/mol. The summed E-state index contributed by atoms with van der Waals surface area (Å²) in [7, 11) is 0. The van der Waals surface area contributed by atoms with E-state index in [1.165, 1.54) is 10.4 Å². The minimum atomic E-state index is 0.604. The summed E-state index contributed by atoms with van der Waals surface area (Å²) in [6.45, 7) is 10.9. The molecule has 0 fully saturated rings. The third-order valence-electron chi connectivity index (χ3n) is 3.52. The van der Waals surface area contributed by atoms with Gasteiger partial charge in [-0.05, 0) is 25.3 Å². The van der Waals surface area contributed by atoms with Crippen molar-refractivity contribution in [2.75, 3.05) is 5.73 Å². The van der Waals surface area contributed by atoms with Gasteiger partial charge in [0.1, 0.15) is 16.5 Å². The van der Waals surface area contributed by atoms with Crippen LogP contribution in [0.2, 0.25) is 0 Å². The molecule has 19 heavy (non-hydrogen) atoms. The summed E-state index contributed by atoms with van der Waals surface area (Å²) in [5.74, 6) is 2.97. The van der Waals surface area contributed by atoms with Crippen molar-refractivity contribution < 1.29 is 0 Å². The molecule has 1 atom stereocenters. The minimum Gasteiger partial charge on any atom is -0.383 e. The van der Waals surface area contributed by atoms with Gasteiger partial charge in [0.05, 0.1) is 11.1 Å². The summed E-state index contributed by atoms with van der Waals surface area (Å²) in [4.78, 5) is 11.4. The SMILES string of the molecule is Cc1sc2nc(CSC(C)C(C)C)nc(N)c2c1C. The van der Waals surface area contributed by atoms with Crippen LogP contribution in [0.25, 0.3) is 10.2 Å². The zero-order valence-corrected chi connectivity index (χ0v) is 13.8. The fraction of sp³-hybridized carbons (Fsp3) is 0.571. The average Bonchev–Trinajstić information content (AvgIpc) is 2.62. The molecule has 2 heterocycles. The molecule has 2 N–H and O–H groups in total. The fourth-order valence-corrected chi connectivity index (χ4v) is 3.77. The van der Waals surface area contributed by atoms with Crippen molar-refractivity contribution >= 4 is 39.1 Å². The summed E-state index contributed by atoms with van der Waals surface area (Å²) < 4.78 is 0. The van der Waals surface area contributed by atoms with Crippen molar-refractivity contribution in [3.05, 3.63) is 16.3 Å². The first-order valence-electron chi connectivity index (χ1n) is 6.53. The van der Waals surface area contributed by atoms with Gasteiger partial charge in [-0.15, -0.1) is 11.3 Å². The van der Waals surface area contributed by atoms with Gasteiger partial charge in [-0.2, -0.15) is 11.8 Å². The summed E-state index contributed by atoms with van der Waals surface area (Å²) in [5.41, 5.74) is 7.30. The Morgan fingerprint density at radius 2 is 1.89 bits per heavy atom. The van der Waals surface area contributed by atoms with Crippen LogP contribution in [-0.4, -0.2) is 15.2 Å². The molecule has 0 aromatic carbocycles. The van der Waals surface area contributed by atoms with Gasteiger partial charge in [-0.1, -0.05) is 20.8 Å². The number of thioether (sulfide) groups is 1. The minimum absolute atomic E-state index is 0.604. The van der Waals surface area contributed by atoms with E-state index in [1.54, 1.807) is 11.3 Å². The second-order valence-electron chi connectivity index (χ2n) is 5.25. The maximum atomic E-state index is 6.08. The average molecular weight is 295 g/mol. The normalized spacial score (nSPS) is 13.4. The Hall–Kier alpha value is -0.810. The highest BCUT2D eigenvalue weighted by Gasteiger charge is 2.14. The number of thiophene rings is 1. The predicted octanol–water partition coefficient (Wildman–Crippen LogP) is 4.17. The summed E-state index contributed by atoms with van der Waals surface area (Å²) in [5, 5.41) is 1.64. The van der Waals surface area contributed by atoms with E-state index in [9.17, 15) is 0 Å². The van der Waals surface area contributed by atoms with Gasteiger partial charge < -0.3 is 5.73 Å². The fourth-order valence-electron chi connectivity index (χ4n) is 1.79. The molecule has 0 radical (unpaired) electrons. The van der Waals surface area contributed by atoms with Crippen LogP contribution < -0.4 is 5.73 Å². The van der Waals surface area contributed by atoms with Gasteiger partial charge in [0, 0.05) is 10.1 Å². The Bertz CT molecular complexity index is 590. The molecule has 3 nitrogen and oxygen atoms in total. The van der Waals surface area contributed by atoms with Crippen LogP contribution in [0.4, 0.5) is 5.82 Å². The van der Waals surface area contributed by atoms with Crippen LogP contribution in [0.1, 0.15) is 37.0 Å². The Kier molecular flexibility index (Phi) is 4.36. The van der Waals surface area contributed by atoms with E-state index in [1.807, 2.05) is 11.8 Å². The Morgan fingerprint density at radius 3 is 2.53 bits per heavy atom. The van der Waals surface area contributed by atoms with Crippen LogP contribution in [-0.2, 0) is 5.75 Å². The molecule has 2 aromatic heterocycles. The smallest absolute Gasteiger partial charge is 0.142 e. The second kappa shape index (κ2) is 5.67. The van der Waals surface area contributed by atoms with E-state index >= 15 is 0 Å². The molecule has 0 spiro atoms. The van der Waals surface area contributed by atoms with Gasteiger partial charge in [0.25, 0.3) is 0 Å². The van der Waals surface area contributed by atoms with Crippen molar-refractivity contribution in [3.8, 4) is 0 Å². The third-order valence-corrected chi connectivity index (χ3v) is 6.11. The first-order chi connectivity index (χ1) is 8.90. The molecule has 0 amide bonds. The number of fused-ring (bicyclic) bond motifs is 1. The number of hydrogen-bond donors (Lipinski definition) is 1. The van der Waals surface area contributed by atoms with Crippen molar-refractivity contribution in [3.63, 3.8) is 0 Å². The predicted molar refractivity (Wildman–Crippen MR) is 86.9 cm³/mol. The lowest BCUT2D eigenvalue weighted by Crippen LogP contribution is -2.07. The van der Waals surface area contributed by atoms with E-state index in [2.05, 4.69) is 44.6 Å². The highest BCUT2D eigenvalue weighted by atomic mass is 32.2. The second-order valence-corrected chi connectivity index (χ2v) is 7.82. The van der Waals surface area contributed by atoms with Gasteiger partial charge in [0.2, 0.25) is 0 Å². The number of hydrogen-bond acceptors (Lipinski definition) is 5. The highest BCUT2D eigenvalue weighted by Crippen LogP contribution is 2.32. The van der Waals surface area contributed by atoms with Gasteiger partial charge >= 0.3 is 0 Å². The van der Waals surface area contributed by atoms with Crippen LogP contribution in [0, 0.1) is 19.8 Å². The first kappa shape index (κ1) is 14.6. The van der Waals surface area contributed by atoms with Crippen molar-refractivity contribution in [1.29, 1.82) is 0 Å². The van der Waals surface area contributed by atoms with Gasteiger partial charge in [0.15, 0.2) is 0 Å². The lowest BCUT2D eigenvalue weighted by atomic mass is 10.2. The number of nitrogens with zero attached hydrogens (tertiary/aromatic N) is 2. The molecular formula is C14H21N3S2. The van der Waals surface area contributed by atoms with E-state index < -0.39 is 0 Å². The molecule has 0 aliphatic heterocycles. The summed E-state index contributed by atoms with van der Waals surface area (Å²) in [6, 6.07) is 0. The molecule has 5 heteroatoms. The molecular weight excluding hydrogens is 274 g/mol. The number of aryl methyl sites for hydroxylation is 2. The first-order valence-corrected chi connectivity index (χ1v) is 8.40. The number of aromatic nitrogens is 2. The Morgan fingerprint density at radius 1 is 1.21 bits per heavy atom. The number of nitrogens with two attached hydrogens (primary N) is 1. The lowest BCUT2D eigenvalue weighted by molar-refractivity contribution is 0.642. The molecule has 0 saturated heterocycles. The molecule has 2 rings (SSSR count). The Labute approximate surface area is 123 Å². The molecule has 104 valence electrons. The summed E-state index contributed by atoms with van der Waals surface area (Å²) >= 11 is 3.60. The van der Waals surface area contributed by atoms with Crippen LogP contribution in [0.5, 0.6) is 0 Å². The van der Waals surface area contributed by atoms with Crippen LogP contribution in [0.15, 0.2) is 0 Å². The molecule has 0 aliphatic carbocycles. The van der Waals surface area contributed by atoms with Crippen LogP contribution in [0.3, 0.4) is 0 Å². The van der Waals surface area contributed by atoms with E-state index in [0.29, 0.717) is 17.0 Å².